The molecule has 0 saturated carbocycles. The molecule has 0 amide bonds. The van der Waals surface area contributed by atoms with E-state index in [0.717, 1.165) is 25.9 Å². The zero-order valence-electron chi connectivity index (χ0n) is 9.03. The van der Waals surface area contributed by atoms with Crippen molar-refractivity contribution in [2.75, 3.05) is 26.7 Å². The Hall–Kier alpha value is -0.610. The van der Waals surface area contributed by atoms with Gasteiger partial charge in [0.05, 0.1) is 7.11 Å². The van der Waals surface area contributed by atoms with Gasteiger partial charge in [-0.05, 0) is 31.8 Å². The maximum Gasteiger partial charge on any atom is 0.323 e. The van der Waals surface area contributed by atoms with E-state index < -0.39 is 0 Å². The number of rotatable bonds is 4. The van der Waals surface area contributed by atoms with Crippen LogP contribution in [0.3, 0.4) is 0 Å². The van der Waals surface area contributed by atoms with E-state index >= 15 is 0 Å². The maximum atomic E-state index is 11.4. The fourth-order valence-electron chi connectivity index (χ4n) is 1.92. The van der Waals surface area contributed by atoms with Crippen LogP contribution in [0.25, 0.3) is 0 Å². The third kappa shape index (κ3) is 2.69. The summed E-state index contributed by atoms with van der Waals surface area (Å²) in [5.41, 5.74) is 5.56. The van der Waals surface area contributed by atoms with E-state index in [-0.39, 0.29) is 12.0 Å². The summed E-state index contributed by atoms with van der Waals surface area (Å²) in [4.78, 5) is 13.6. The molecule has 4 nitrogen and oxygen atoms in total. The highest BCUT2D eigenvalue weighted by molar-refractivity contribution is 5.75. The molecule has 1 rings (SSSR count). The summed E-state index contributed by atoms with van der Waals surface area (Å²) in [5, 5.41) is 0. The van der Waals surface area contributed by atoms with Gasteiger partial charge in [0.15, 0.2) is 0 Å². The van der Waals surface area contributed by atoms with Crippen molar-refractivity contribution in [2.24, 2.45) is 11.7 Å². The second-order valence-corrected chi connectivity index (χ2v) is 4.02. The van der Waals surface area contributed by atoms with Crippen LogP contribution in [0.2, 0.25) is 0 Å². The predicted octanol–water partition coefficient (Wildman–Crippen LogP) is 0.219. The monoisotopic (exact) mass is 200 g/mol. The topological polar surface area (TPSA) is 55.6 Å². The lowest BCUT2D eigenvalue weighted by Gasteiger charge is -2.24. The number of methoxy groups -OCH3 is 1. The van der Waals surface area contributed by atoms with Gasteiger partial charge in [-0.15, -0.1) is 0 Å². The van der Waals surface area contributed by atoms with Gasteiger partial charge in [-0.2, -0.15) is 0 Å². The molecule has 0 aliphatic carbocycles. The van der Waals surface area contributed by atoms with Crippen molar-refractivity contribution < 1.29 is 9.53 Å². The Balaban J connectivity index is 2.46. The number of hydrogen-bond donors (Lipinski definition) is 1. The van der Waals surface area contributed by atoms with Crippen LogP contribution in [0.5, 0.6) is 0 Å². The van der Waals surface area contributed by atoms with E-state index in [1.165, 1.54) is 7.11 Å². The fraction of sp³-hybridized carbons (Fsp3) is 0.900. The molecule has 82 valence electrons. The van der Waals surface area contributed by atoms with Crippen molar-refractivity contribution in [3.05, 3.63) is 0 Å². The molecule has 0 radical (unpaired) electrons. The standard InChI is InChI=1S/C10H20N2O2/c1-8(6-11)7-12-5-3-4-9(12)10(13)14-2/h8-9H,3-7,11H2,1-2H3. The summed E-state index contributed by atoms with van der Waals surface area (Å²) in [7, 11) is 1.45. The summed E-state index contributed by atoms with van der Waals surface area (Å²) in [6.07, 6.45) is 2.00. The number of esters is 1. The minimum atomic E-state index is -0.105. The maximum absolute atomic E-state index is 11.4. The van der Waals surface area contributed by atoms with Crippen LogP contribution < -0.4 is 5.73 Å². The predicted molar refractivity (Wildman–Crippen MR) is 54.8 cm³/mol. The van der Waals surface area contributed by atoms with Crippen LogP contribution >= 0.6 is 0 Å². The highest BCUT2D eigenvalue weighted by Crippen LogP contribution is 2.19. The van der Waals surface area contributed by atoms with Crippen molar-refractivity contribution in [1.29, 1.82) is 0 Å². The molecule has 2 N–H and O–H groups in total. The Morgan fingerprint density at radius 1 is 1.71 bits per heavy atom. The summed E-state index contributed by atoms with van der Waals surface area (Å²) >= 11 is 0. The lowest BCUT2D eigenvalue weighted by atomic mass is 10.1. The molecular formula is C10H20N2O2. The Labute approximate surface area is 85.4 Å². The first-order valence-corrected chi connectivity index (χ1v) is 5.21. The minimum absolute atomic E-state index is 0.0333. The molecule has 1 heterocycles. The molecule has 0 bridgehead atoms. The molecule has 0 aromatic carbocycles. The van der Waals surface area contributed by atoms with Gasteiger partial charge in [-0.25, -0.2) is 0 Å². The lowest BCUT2D eigenvalue weighted by Crippen LogP contribution is -2.40. The van der Waals surface area contributed by atoms with E-state index in [9.17, 15) is 4.79 Å². The van der Waals surface area contributed by atoms with E-state index in [2.05, 4.69) is 11.8 Å². The number of hydrogen-bond acceptors (Lipinski definition) is 4. The first kappa shape index (κ1) is 11.5. The molecule has 0 aromatic rings. The van der Waals surface area contributed by atoms with Gasteiger partial charge in [-0.3, -0.25) is 9.69 Å². The summed E-state index contributed by atoms with van der Waals surface area (Å²) in [5.74, 6) is 0.340. The van der Waals surface area contributed by atoms with E-state index in [0.29, 0.717) is 12.5 Å². The molecule has 14 heavy (non-hydrogen) atoms. The number of nitrogens with zero attached hydrogens (tertiary/aromatic N) is 1. The molecule has 2 atom stereocenters. The molecule has 1 fully saturated rings. The summed E-state index contributed by atoms with van der Waals surface area (Å²) in [6.45, 7) is 4.66. The van der Waals surface area contributed by atoms with Gasteiger partial charge in [0.1, 0.15) is 6.04 Å². The molecule has 1 saturated heterocycles. The van der Waals surface area contributed by atoms with E-state index in [1.807, 2.05) is 0 Å². The number of nitrogens with two attached hydrogens (primary N) is 1. The smallest absolute Gasteiger partial charge is 0.323 e. The van der Waals surface area contributed by atoms with Crippen molar-refractivity contribution >= 4 is 5.97 Å². The molecule has 4 heteroatoms. The van der Waals surface area contributed by atoms with Crippen LogP contribution in [0, 0.1) is 5.92 Å². The SMILES string of the molecule is COC(=O)C1CCCN1CC(C)CN. The van der Waals surface area contributed by atoms with Gasteiger partial charge in [-0.1, -0.05) is 6.92 Å². The Bertz CT molecular complexity index is 197. The van der Waals surface area contributed by atoms with Crippen LogP contribution in [0.4, 0.5) is 0 Å². The van der Waals surface area contributed by atoms with Crippen molar-refractivity contribution in [1.82, 2.24) is 4.90 Å². The Kier molecular flexibility index (Phi) is 4.35. The fourth-order valence-corrected chi connectivity index (χ4v) is 1.92. The van der Waals surface area contributed by atoms with Gasteiger partial charge in [0.25, 0.3) is 0 Å². The number of likely N-dealkylation sites (tertiary alicyclic amines) is 1. The largest absolute Gasteiger partial charge is 0.468 e. The Morgan fingerprint density at radius 3 is 3.00 bits per heavy atom. The highest BCUT2D eigenvalue weighted by atomic mass is 16.5. The quantitative estimate of drug-likeness (QED) is 0.659. The first-order valence-electron chi connectivity index (χ1n) is 5.21. The molecule has 1 aliphatic heterocycles. The zero-order chi connectivity index (χ0) is 10.6. The van der Waals surface area contributed by atoms with Gasteiger partial charge < -0.3 is 10.5 Å². The zero-order valence-corrected chi connectivity index (χ0v) is 9.03. The normalized spacial score (nSPS) is 24.9. The number of carbonyl (C=O) groups is 1. The van der Waals surface area contributed by atoms with Crippen LogP contribution in [0.15, 0.2) is 0 Å². The minimum Gasteiger partial charge on any atom is -0.468 e. The van der Waals surface area contributed by atoms with Crippen LogP contribution in [0.1, 0.15) is 19.8 Å². The molecule has 0 spiro atoms. The van der Waals surface area contributed by atoms with Gasteiger partial charge in [0, 0.05) is 6.54 Å². The summed E-state index contributed by atoms with van der Waals surface area (Å²) < 4.78 is 4.77. The number of carbonyl (C=O) groups excluding carboxylic acids is 1. The number of ether oxygens (including phenoxy) is 1. The third-order valence-corrected chi connectivity index (χ3v) is 2.79. The van der Waals surface area contributed by atoms with Crippen molar-refractivity contribution in [2.45, 2.75) is 25.8 Å². The molecule has 0 aromatic heterocycles. The Morgan fingerprint density at radius 2 is 2.43 bits per heavy atom. The van der Waals surface area contributed by atoms with E-state index in [1.54, 1.807) is 0 Å². The van der Waals surface area contributed by atoms with Gasteiger partial charge in [0.2, 0.25) is 0 Å². The molecular weight excluding hydrogens is 180 g/mol. The summed E-state index contributed by atoms with van der Waals surface area (Å²) in [6, 6.07) is -0.0333. The van der Waals surface area contributed by atoms with Crippen LogP contribution in [-0.2, 0) is 9.53 Å². The van der Waals surface area contributed by atoms with Crippen molar-refractivity contribution in [3.8, 4) is 0 Å². The van der Waals surface area contributed by atoms with E-state index in [4.69, 9.17) is 10.5 Å². The van der Waals surface area contributed by atoms with Crippen LogP contribution in [-0.4, -0.2) is 43.7 Å². The second kappa shape index (κ2) is 5.32. The highest BCUT2D eigenvalue weighted by Gasteiger charge is 2.31. The van der Waals surface area contributed by atoms with Gasteiger partial charge >= 0.3 is 5.97 Å². The van der Waals surface area contributed by atoms with Crippen molar-refractivity contribution in [3.63, 3.8) is 0 Å². The average Bonchev–Trinajstić information content (AvgIpc) is 2.64. The molecule has 2 unspecified atom stereocenters. The first-order chi connectivity index (χ1) is 6.69. The second-order valence-electron chi connectivity index (χ2n) is 4.02. The average molecular weight is 200 g/mol. The third-order valence-electron chi connectivity index (χ3n) is 2.79. The molecule has 1 aliphatic rings. The lowest BCUT2D eigenvalue weighted by molar-refractivity contribution is -0.146.